The average molecular weight is 298 g/mol. The first-order chi connectivity index (χ1) is 10.6. The van der Waals surface area contributed by atoms with Crippen LogP contribution in [0.1, 0.15) is 30.5 Å². The van der Waals surface area contributed by atoms with E-state index in [1.165, 1.54) is 0 Å². The van der Waals surface area contributed by atoms with Crippen LogP contribution >= 0.6 is 0 Å². The molecule has 8 heteroatoms. The second-order valence-corrected chi connectivity index (χ2v) is 5.75. The molecule has 0 radical (unpaired) electrons. The van der Waals surface area contributed by atoms with Crippen LogP contribution in [0, 0.1) is 6.92 Å². The summed E-state index contributed by atoms with van der Waals surface area (Å²) in [5.74, 6) is 2.68. The van der Waals surface area contributed by atoms with Crippen molar-refractivity contribution in [3.05, 3.63) is 24.2 Å². The van der Waals surface area contributed by atoms with Gasteiger partial charge in [0.1, 0.15) is 18.0 Å². The number of anilines is 1. The lowest BCUT2D eigenvalue weighted by Gasteiger charge is -2.25. The SMILES string of the molecule is Cc1nc(N2CCCC2c2nncn2C)c2cnn(C)c2n1. The smallest absolute Gasteiger partial charge is 0.163 e. The third-order valence-electron chi connectivity index (χ3n) is 4.25. The van der Waals surface area contributed by atoms with Gasteiger partial charge in [0.25, 0.3) is 0 Å². The van der Waals surface area contributed by atoms with Crippen LogP contribution in [0.2, 0.25) is 0 Å². The minimum absolute atomic E-state index is 0.199. The summed E-state index contributed by atoms with van der Waals surface area (Å²) in [7, 11) is 3.89. The summed E-state index contributed by atoms with van der Waals surface area (Å²) in [6.07, 6.45) is 5.76. The first-order valence-corrected chi connectivity index (χ1v) is 7.42. The van der Waals surface area contributed by atoms with E-state index in [1.807, 2.05) is 31.8 Å². The van der Waals surface area contributed by atoms with Crippen LogP contribution in [0.25, 0.3) is 11.0 Å². The molecule has 1 aliphatic rings. The van der Waals surface area contributed by atoms with Gasteiger partial charge < -0.3 is 9.47 Å². The summed E-state index contributed by atoms with van der Waals surface area (Å²) in [4.78, 5) is 11.5. The summed E-state index contributed by atoms with van der Waals surface area (Å²) in [6.45, 7) is 2.88. The van der Waals surface area contributed by atoms with Gasteiger partial charge >= 0.3 is 0 Å². The highest BCUT2D eigenvalue weighted by Gasteiger charge is 2.32. The fourth-order valence-corrected chi connectivity index (χ4v) is 3.21. The Hall–Kier alpha value is -2.51. The molecule has 1 saturated heterocycles. The lowest BCUT2D eigenvalue weighted by atomic mass is 10.2. The summed E-state index contributed by atoms with van der Waals surface area (Å²) in [5.41, 5.74) is 0.867. The number of aryl methyl sites for hydroxylation is 3. The Morgan fingerprint density at radius 2 is 2.09 bits per heavy atom. The maximum absolute atomic E-state index is 4.69. The van der Waals surface area contributed by atoms with Crippen LogP contribution in [0.5, 0.6) is 0 Å². The Morgan fingerprint density at radius 1 is 1.23 bits per heavy atom. The molecule has 4 heterocycles. The van der Waals surface area contributed by atoms with Crippen molar-refractivity contribution in [3.8, 4) is 0 Å². The molecule has 0 amide bonds. The van der Waals surface area contributed by atoms with Crippen LogP contribution < -0.4 is 4.90 Å². The van der Waals surface area contributed by atoms with Gasteiger partial charge in [-0.05, 0) is 19.8 Å². The number of nitrogens with zero attached hydrogens (tertiary/aromatic N) is 8. The van der Waals surface area contributed by atoms with Gasteiger partial charge in [-0.2, -0.15) is 5.10 Å². The number of hydrogen-bond acceptors (Lipinski definition) is 6. The molecule has 1 atom stereocenters. The second-order valence-electron chi connectivity index (χ2n) is 5.75. The maximum Gasteiger partial charge on any atom is 0.163 e. The van der Waals surface area contributed by atoms with Gasteiger partial charge in [-0.25, -0.2) is 9.97 Å². The maximum atomic E-state index is 4.69. The molecular weight excluding hydrogens is 280 g/mol. The van der Waals surface area contributed by atoms with Gasteiger partial charge in [0.15, 0.2) is 11.5 Å². The summed E-state index contributed by atoms with van der Waals surface area (Å²) in [5, 5.41) is 13.6. The molecule has 0 aromatic carbocycles. The number of hydrogen-bond donors (Lipinski definition) is 0. The lowest BCUT2D eigenvalue weighted by Crippen LogP contribution is -2.26. The van der Waals surface area contributed by atoms with Crippen LogP contribution in [0.4, 0.5) is 5.82 Å². The Morgan fingerprint density at radius 3 is 2.86 bits per heavy atom. The number of aromatic nitrogens is 7. The fraction of sp³-hybridized carbons (Fsp3) is 0.500. The molecule has 0 N–H and O–H groups in total. The van der Waals surface area contributed by atoms with E-state index in [0.717, 1.165) is 47.9 Å². The highest BCUT2D eigenvalue weighted by Crippen LogP contribution is 2.36. The molecule has 22 heavy (non-hydrogen) atoms. The Balaban J connectivity index is 1.86. The van der Waals surface area contributed by atoms with Crippen LogP contribution in [-0.2, 0) is 14.1 Å². The van der Waals surface area contributed by atoms with E-state index in [9.17, 15) is 0 Å². The Bertz CT molecular complexity index is 833. The van der Waals surface area contributed by atoms with E-state index >= 15 is 0 Å². The normalized spacial score (nSPS) is 18.5. The molecule has 3 aromatic heterocycles. The topological polar surface area (TPSA) is 77.5 Å². The van der Waals surface area contributed by atoms with Crippen molar-refractivity contribution < 1.29 is 0 Å². The minimum Gasteiger partial charge on any atom is -0.346 e. The monoisotopic (exact) mass is 298 g/mol. The second kappa shape index (κ2) is 4.75. The van der Waals surface area contributed by atoms with Crippen molar-refractivity contribution in [2.45, 2.75) is 25.8 Å². The van der Waals surface area contributed by atoms with Crippen molar-refractivity contribution in [2.24, 2.45) is 14.1 Å². The van der Waals surface area contributed by atoms with E-state index in [0.29, 0.717) is 0 Å². The molecule has 1 aliphatic heterocycles. The molecule has 0 bridgehead atoms. The van der Waals surface area contributed by atoms with Crippen molar-refractivity contribution in [1.82, 2.24) is 34.5 Å². The first kappa shape index (κ1) is 13.2. The van der Waals surface area contributed by atoms with Crippen LogP contribution in [0.15, 0.2) is 12.5 Å². The van der Waals surface area contributed by atoms with E-state index in [4.69, 9.17) is 4.98 Å². The van der Waals surface area contributed by atoms with E-state index in [1.54, 1.807) is 11.0 Å². The largest absolute Gasteiger partial charge is 0.346 e. The highest BCUT2D eigenvalue weighted by atomic mass is 15.3. The highest BCUT2D eigenvalue weighted by molar-refractivity contribution is 5.87. The minimum atomic E-state index is 0.199. The molecule has 1 unspecified atom stereocenters. The van der Waals surface area contributed by atoms with Gasteiger partial charge in [0.2, 0.25) is 0 Å². The molecule has 0 spiro atoms. The van der Waals surface area contributed by atoms with Crippen molar-refractivity contribution in [1.29, 1.82) is 0 Å². The van der Waals surface area contributed by atoms with Gasteiger partial charge in [0, 0.05) is 20.6 Å². The van der Waals surface area contributed by atoms with Crippen molar-refractivity contribution >= 4 is 16.9 Å². The van der Waals surface area contributed by atoms with Gasteiger partial charge in [0.05, 0.1) is 17.6 Å². The molecule has 1 fully saturated rings. The van der Waals surface area contributed by atoms with Crippen molar-refractivity contribution in [3.63, 3.8) is 0 Å². The predicted octanol–water partition coefficient (Wildman–Crippen LogP) is 1.14. The van der Waals surface area contributed by atoms with Crippen molar-refractivity contribution in [2.75, 3.05) is 11.4 Å². The summed E-state index contributed by atoms with van der Waals surface area (Å²) < 4.78 is 3.78. The van der Waals surface area contributed by atoms with Crippen LogP contribution in [0.3, 0.4) is 0 Å². The molecule has 4 rings (SSSR count). The predicted molar refractivity (Wildman–Crippen MR) is 81.4 cm³/mol. The number of rotatable bonds is 2. The molecule has 3 aromatic rings. The zero-order valence-corrected chi connectivity index (χ0v) is 12.9. The first-order valence-electron chi connectivity index (χ1n) is 7.42. The third kappa shape index (κ3) is 1.87. The molecule has 0 saturated carbocycles. The quantitative estimate of drug-likeness (QED) is 0.706. The Labute approximate surface area is 127 Å². The molecule has 114 valence electrons. The summed E-state index contributed by atoms with van der Waals surface area (Å²) >= 11 is 0. The third-order valence-corrected chi connectivity index (χ3v) is 4.25. The molecule has 0 aliphatic carbocycles. The Kier molecular flexibility index (Phi) is 2.85. The fourth-order valence-electron chi connectivity index (χ4n) is 3.21. The van der Waals surface area contributed by atoms with Crippen LogP contribution in [-0.4, -0.2) is 41.1 Å². The van der Waals surface area contributed by atoms with Gasteiger partial charge in [-0.15, -0.1) is 10.2 Å². The zero-order valence-electron chi connectivity index (χ0n) is 12.9. The molecular formula is C14H18N8. The van der Waals surface area contributed by atoms with Gasteiger partial charge in [-0.3, -0.25) is 4.68 Å². The number of fused-ring (bicyclic) bond motifs is 1. The standard InChI is InChI=1S/C14H18N8/c1-9-17-12-10(7-16-21(12)3)13(18-9)22-6-4-5-11(22)14-19-15-8-20(14)2/h7-8,11H,4-6H2,1-3H3. The van der Waals surface area contributed by atoms with Gasteiger partial charge in [-0.1, -0.05) is 0 Å². The lowest BCUT2D eigenvalue weighted by molar-refractivity contribution is 0.625. The van der Waals surface area contributed by atoms with E-state index in [-0.39, 0.29) is 6.04 Å². The zero-order chi connectivity index (χ0) is 15.3. The van der Waals surface area contributed by atoms with E-state index < -0.39 is 0 Å². The summed E-state index contributed by atoms with van der Waals surface area (Å²) in [6, 6.07) is 0.199. The molecule has 8 nitrogen and oxygen atoms in total. The average Bonchev–Trinajstić information content (AvgIpc) is 3.19. The van der Waals surface area contributed by atoms with E-state index in [2.05, 4.69) is 25.2 Å².